The van der Waals surface area contributed by atoms with Crippen LogP contribution in [0.25, 0.3) is 11.3 Å². The molecule has 6 nitrogen and oxygen atoms in total. The zero-order chi connectivity index (χ0) is 19.8. The molecule has 0 atom stereocenters. The normalized spacial score (nSPS) is 10.8. The van der Waals surface area contributed by atoms with Crippen LogP contribution in [0.2, 0.25) is 0 Å². The Bertz CT molecular complexity index is 900. The first-order valence-corrected chi connectivity index (χ1v) is 9.01. The number of aromatic nitrogens is 2. The van der Waals surface area contributed by atoms with Gasteiger partial charge in [-0.1, -0.05) is 30.3 Å². The minimum absolute atomic E-state index is 0.0452. The predicted octanol–water partition coefficient (Wildman–Crippen LogP) is 2.71. The lowest BCUT2D eigenvalue weighted by Crippen LogP contribution is -2.34. The number of ether oxygens (including phenoxy) is 3. The van der Waals surface area contributed by atoms with Gasteiger partial charge in [-0.3, -0.25) is 0 Å². The fraction of sp³-hybridized carbons (Fsp3) is 0.273. The lowest BCUT2D eigenvalue weighted by atomic mass is 10.1. The predicted molar refractivity (Wildman–Crippen MR) is 105 cm³/mol. The van der Waals surface area contributed by atoms with E-state index in [9.17, 15) is 5.11 Å². The Hall–Kier alpha value is -2.80. The van der Waals surface area contributed by atoms with Crippen molar-refractivity contribution >= 4 is 0 Å². The van der Waals surface area contributed by atoms with E-state index in [1.165, 1.54) is 5.56 Å². The van der Waals surface area contributed by atoms with E-state index < -0.39 is 0 Å². The number of nitrogens with zero attached hydrogens (tertiary/aromatic N) is 2. The lowest BCUT2D eigenvalue weighted by molar-refractivity contribution is -0.688. The molecule has 0 radical (unpaired) electrons. The topological polar surface area (TPSA) is 64.7 Å². The second-order valence-corrected chi connectivity index (χ2v) is 6.41. The maximum Gasteiger partial charge on any atom is 0.213 e. The van der Waals surface area contributed by atoms with E-state index in [0.717, 1.165) is 22.4 Å². The number of methoxy groups -OCH3 is 2. The summed E-state index contributed by atoms with van der Waals surface area (Å²) in [7, 11) is 3.18. The van der Waals surface area contributed by atoms with Crippen molar-refractivity contribution in [3.8, 4) is 17.1 Å². The molecule has 0 aliphatic carbocycles. The Morgan fingerprint density at radius 1 is 0.964 bits per heavy atom. The Kier molecular flexibility index (Phi) is 7.08. The van der Waals surface area contributed by atoms with Gasteiger partial charge in [0.1, 0.15) is 6.79 Å². The zero-order valence-electron chi connectivity index (χ0n) is 16.2. The third-order valence-electron chi connectivity index (χ3n) is 4.20. The average Bonchev–Trinajstić information content (AvgIpc) is 2.74. The van der Waals surface area contributed by atoms with Crippen molar-refractivity contribution in [1.29, 1.82) is 0 Å². The van der Waals surface area contributed by atoms with E-state index in [0.29, 0.717) is 19.0 Å². The highest BCUT2D eigenvalue weighted by Gasteiger charge is 2.13. The molecule has 1 aromatic carbocycles. The summed E-state index contributed by atoms with van der Waals surface area (Å²) in [6.07, 6.45) is 3.97. The van der Waals surface area contributed by atoms with Gasteiger partial charge in [-0.15, -0.1) is 0 Å². The second kappa shape index (κ2) is 9.94. The summed E-state index contributed by atoms with van der Waals surface area (Å²) in [5, 5.41) is 9.71. The first kappa shape index (κ1) is 19.9. The van der Waals surface area contributed by atoms with Crippen molar-refractivity contribution in [3.05, 3.63) is 77.6 Å². The Balaban J connectivity index is 1.95. The molecule has 2 aromatic heterocycles. The fourth-order valence-electron chi connectivity index (χ4n) is 2.95. The van der Waals surface area contributed by atoms with Crippen LogP contribution >= 0.6 is 0 Å². The molecule has 28 heavy (non-hydrogen) atoms. The van der Waals surface area contributed by atoms with Gasteiger partial charge in [0.2, 0.25) is 5.88 Å². The van der Waals surface area contributed by atoms with Gasteiger partial charge in [-0.2, -0.15) is 4.57 Å². The molecule has 1 N–H and O–H groups in total. The van der Waals surface area contributed by atoms with Crippen molar-refractivity contribution in [3.63, 3.8) is 0 Å². The van der Waals surface area contributed by atoms with Crippen LogP contribution in [0.1, 0.15) is 16.7 Å². The summed E-state index contributed by atoms with van der Waals surface area (Å²) in [4.78, 5) is 4.57. The molecule has 3 aromatic rings. The van der Waals surface area contributed by atoms with E-state index in [2.05, 4.69) is 21.7 Å². The average molecular weight is 381 g/mol. The monoisotopic (exact) mass is 381 g/mol. The van der Waals surface area contributed by atoms with E-state index in [1.807, 2.05) is 48.8 Å². The van der Waals surface area contributed by atoms with Crippen LogP contribution in [0.15, 0.2) is 60.9 Å². The van der Waals surface area contributed by atoms with Gasteiger partial charge in [0.25, 0.3) is 0 Å². The SMILES string of the molecule is COCOCc1cc(OC)nc(-c2cc(CO)c[n+](Cc3ccccc3)c2)c1. The first-order chi connectivity index (χ1) is 13.7. The number of aliphatic hydroxyl groups is 1. The summed E-state index contributed by atoms with van der Waals surface area (Å²) < 4.78 is 17.8. The number of hydrogen-bond donors (Lipinski definition) is 1. The summed E-state index contributed by atoms with van der Waals surface area (Å²) in [6, 6.07) is 15.9. The molecule has 2 heterocycles. The number of rotatable bonds is 9. The van der Waals surface area contributed by atoms with E-state index >= 15 is 0 Å². The van der Waals surface area contributed by atoms with Crippen LogP contribution in [-0.2, 0) is 29.2 Å². The third-order valence-corrected chi connectivity index (χ3v) is 4.20. The van der Waals surface area contributed by atoms with Gasteiger partial charge in [0.15, 0.2) is 18.9 Å². The lowest BCUT2D eigenvalue weighted by Gasteiger charge is -2.09. The van der Waals surface area contributed by atoms with Crippen LogP contribution < -0.4 is 9.30 Å². The maximum absolute atomic E-state index is 9.71. The second-order valence-electron chi connectivity index (χ2n) is 6.41. The van der Waals surface area contributed by atoms with E-state index in [4.69, 9.17) is 14.2 Å². The van der Waals surface area contributed by atoms with Crippen LogP contribution in [-0.4, -0.2) is 31.1 Å². The third kappa shape index (κ3) is 5.36. The molecular formula is C22H25N2O4+. The molecule has 6 heteroatoms. The van der Waals surface area contributed by atoms with Gasteiger partial charge in [0, 0.05) is 24.3 Å². The van der Waals surface area contributed by atoms with Crippen LogP contribution in [0.5, 0.6) is 5.88 Å². The molecule has 0 spiro atoms. The Morgan fingerprint density at radius 2 is 1.79 bits per heavy atom. The molecule has 146 valence electrons. The molecule has 0 aliphatic heterocycles. The van der Waals surface area contributed by atoms with Gasteiger partial charge < -0.3 is 19.3 Å². The zero-order valence-corrected chi connectivity index (χ0v) is 16.2. The highest BCUT2D eigenvalue weighted by atomic mass is 16.7. The molecule has 0 amide bonds. The maximum atomic E-state index is 9.71. The van der Waals surface area contributed by atoms with Gasteiger partial charge in [-0.25, -0.2) is 4.98 Å². The molecule has 0 saturated heterocycles. The molecule has 0 unspecified atom stereocenters. The number of benzene rings is 1. The van der Waals surface area contributed by atoms with Crippen molar-refractivity contribution in [2.24, 2.45) is 0 Å². The van der Waals surface area contributed by atoms with Crippen molar-refractivity contribution in [1.82, 2.24) is 4.98 Å². The van der Waals surface area contributed by atoms with E-state index in [1.54, 1.807) is 14.2 Å². The molecule has 0 saturated carbocycles. The van der Waals surface area contributed by atoms with Crippen molar-refractivity contribution in [2.75, 3.05) is 21.0 Å². The minimum atomic E-state index is -0.0452. The summed E-state index contributed by atoms with van der Waals surface area (Å²) in [6.45, 7) is 1.27. The highest BCUT2D eigenvalue weighted by molar-refractivity contribution is 5.59. The van der Waals surface area contributed by atoms with Crippen LogP contribution in [0, 0.1) is 0 Å². The summed E-state index contributed by atoms with van der Waals surface area (Å²) in [5.41, 5.74) is 4.58. The minimum Gasteiger partial charge on any atom is -0.481 e. The Labute approximate surface area is 165 Å². The van der Waals surface area contributed by atoms with Crippen molar-refractivity contribution in [2.45, 2.75) is 19.8 Å². The van der Waals surface area contributed by atoms with Gasteiger partial charge >= 0.3 is 0 Å². The smallest absolute Gasteiger partial charge is 0.213 e. The molecule has 0 bridgehead atoms. The number of pyridine rings is 2. The Morgan fingerprint density at radius 3 is 2.50 bits per heavy atom. The van der Waals surface area contributed by atoms with Gasteiger partial charge in [-0.05, 0) is 17.7 Å². The molecular weight excluding hydrogens is 356 g/mol. The van der Waals surface area contributed by atoms with Crippen molar-refractivity contribution < 1.29 is 23.9 Å². The first-order valence-electron chi connectivity index (χ1n) is 9.01. The molecule has 0 aliphatic rings. The number of hydrogen-bond acceptors (Lipinski definition) is 5. The standard InChI is InChI=1S/C22H25N2O4/c1-26-16-28-15-18-9-21(23-22(10-18)27-2)20-8-19(14-25)12-24(13-20)11-17-6-4-3-5-7-17/h3-10,12-13,25H,11,14-16H2,1-2H3/q+1. The quantitative estimate of drug-likeness (QED) is 0.351. The van der Waals surface area contributed by atoms with E-state index in [-0.39, 0.29) is 13.4 Å². The molecule has 0 fully saturated rings. The summed E-state index contributed by atoms with van der Waals surface area (Å²) >= 11 is 0. The van der Waals surface area contributed by atoms with Crippen LogP contribution in [0.4, 0.5) is 0 Å². The van der Waals surface area contributed by atoms with Gasteiger partial charge in [0.05, 0.1) is 31.6 Å². The number of aliphatic hydroxyl groups excluding tert-OH is 1. The molecule has 3 rings (SSSR count). The van der Waals surface area contributed by atoms with Crippen LogP contribution in [0.3, 0.4) is 0 Å². The largest absolute Gasteiger partial charge is 0.481 e. The fourth-order valence-corrected chi connectivity index (χ4v) is 2.95. The summed E-state index contributed by atoms with van der Waals surface area (Å²) in [5.74, 6) is 0.512. The highest BCUT2D eigenvalue weighted by Crippen LogP contribution is 2.23.